The number of hydrogen-bond donors (Lipinski definition) is 1. The molecule has 2 amide bonds. The number of nitrogens with zero attached hydrogens (tertiary/aromatic N) is 3. The van der Waals surface area contributed by atoms with Crippen molar-refractivity contribution in [3.05, 3.63) is 84.4 Å². The molecule has 4 rings (SSSR count). The molecule has 2 aromatic carbocycles. The Kier molecular flexibility index (Phi) is 6.59. The van der Waals surface area contributed by atoms with E-state index in [1.54, 1.807) is 11.1 Å². The summed E-state index contributed by atoms with van der Waals surface area (Å²) in [5.41, 5.74) is 2.99. The first-order valence-corrected chi connectivity index (χ1v) is 11.1. The molecule has 164 valence electrons. The van der Waals surface area contributed by atoms with Gasteiger partial charge in [0.2, 0.25) is 5.91 Å². The minimum Gasteiger partial charge on any atom is -0.356 e. The van der Waals surface area contributed by atoms with Gasteiger partial charge in [0.1, 0.15) is 5.69 Å². The lowest BCUT2D eigenvalue weighted by Gasteiger charge is -2.41. The van der Waals surface area contributed by atoms with Crippen LogP contribution in [0.4, 0.5) is 0 Å². The van der Waals surface area contributed by atoms with Gasteiger partial charge in [0.15, 0.2) is 0 Å². The van der Waals surface area contributed by atoms with E-state index >= 15 is 0 Å². The lowest BCUT2D eigenvalue weighted by molar-refractivity contribution is -0.133. The van der Waals surface area contributed by atoms with E-state index in [-0.39, 0.29) is 11.8 Å². The van der Waals surface area contributed by atoms with Crippen LogP contribution in [0, 0.1) is 5.41 Å². The first-order valence-electron chi connectivity index (χ1n) is 11.1. The van der Waals surface area contributed by atoms with Gasteiger partial charge in [-0.2, -0.15) is 0 Å². The second-order valence-electron chi connectivity index (χ2n) is 8.30. The van der Waals surface area contributed by atoms with Crippen molar-refractivity contribution in [2.45, 2.75) is 26.2 Å². The molecule has 32 heavy (non-hydrogen) atoms. The molecule has 0 saturated carbocycles. The van der Waals surface area contributed by atoms with Crippen LogP contribution < -0.4 is 5.32 Å². The SMILES string of the molecule is CCNC(=O)[C@]1(Cc2cccc(-c3ccccc3)c2)CCCN(C(=O)c2cnccn2)C1. The van der Waals surface area contributed by atoms with Gasteiger partial charge in [-0.15, -0.1) is 0 Å². The summed E-state index contributed by atoms with van der Waals surface area (Å²) >= 11 is 0. The predicted octanol–water partition coefficient (Wildman–Crippen LogP) is 3.74. The van der Waals surface area contributed by atoms with Gasteiger partial charge in [0, 0.05) is 32.0 Å². The van der Waals surface area contributed by atoms with Crippen molar-refractivity contribution in [3.8, 4) is 11.1 Å². The van der Waals surface area contributed by atoms with Crippen LogP contribution in [0.15, 0.2) is 73.2 Å². The number of likely N-dealkylation sites (tertiary alicyclic amines) is 1. The zero-order valence-corrected chi connectivity index (χ0v) is 18.3. The Hall–Kier alpha value is -3.54. The van der Waals surface area contributed by atoms with Crippen LogP contribution in [0.1, 0.15) is 35.8 Å². The summed E-state index contributed by atoms with van der Waals surface area (Å²) in [7, 11) is 0. The van der Waals surface area contributed by atoms with Crippen molar-refractivity contribution in [1.82, 2.24) is 20.2 Å². The summed E-state index contributed by atoms with van der Waals surface area (Å²) in [5.74, 6) is -0.175. The molecule has 6 heteroatoms. The number of hydrogen-bond acceptors (Lipinski definition) is 4. The number of amides is 2. The lowest BCUT2D eigenvalue weighted by Crippen LogP contribution is -2.54. The third kappa shape index (κ3) is 4.69. The molecule has 1 aromatic heterocycles. The number of nitrogens with one attached hydrogen (secondary N) is 1. The van der Waals surface area contributed by atoms with E-state index in [9.17, 15) is 9.59 Å². The fourth-order valence-electron chi connectivity index (χ4n) is 4.52. The van der Waals surface area contributed by atoms with Crippen LogP contribution in [0.3, 0.4) is 0 Å². The number of piperidine rings is 1. The Balaban J connectivity index is 1.62. The Morgan fingerprint density at radius 2 is 1.88 bits per heavy atom. The minimum absolute atomic E-state index is 0.00163. The molecular formula is C26H28N4O2. The molecule has 3 aromatic rings. The van der Waals surface area contributed by atoms with Crippen molar-refractivity contribution >= 4 is 11.8 Å². The van der Waals surface area contributed by atoms with Crippen LogP contribution in [0.2, 0.25) is 0 Å². The number of carbonyl (C=O) groups excluding carboxylic acids is 2. The molecule has 0 aliphatic carbocycles. The highest BCUT2D eigenvalue weighted by Crippen LogP contribution is 2.35. The maximum Gasteiger partial charge on any atom is 0.274 e. The zero-order chi connectivity index (χ0) is 22.4. The lowest BCUT2D eigenvalue weighted by atomic mass is 9.74. The van der Waals surface area contributed by atoms with E-state index in [0.717, 1.165) is 29.5 Å². The summed E-state index contributed by atoms with van der Waals surface area (Å²) in [5, 5.41) is 3.02. The zero-order valence-electron chi connectivity index (χ0n) is 18.3. The van der Waals surface area contributed by atoms with E-state index in [1.165, 1.54) is 12.4 Å². The molecule has 0 unspecified atom stereocenters. The van der Waals surface area contributed by atoms with Gasteiger partial charge in [-0.3, -0.25) is 14.6 Å². The Morgan fingerprint density at radius 1 is 1.06 bits per heavy atom. The van der Waals surface area contributed by atoms with Gasteiger partial charge in [0.05, 0.1) is 11.6 Å². The van der Waals surface area contributed by atoms with Crippen molar-refractivity contribution < 1.29 is 9.59 Å². The van der Waals surface area contributed by atoms with E-state index in [4.69, 9.17) is 0 Å². The normalized spacial score (nSPS) is 18.2. The molecule has 1 saturated heterocycles. The van der Waals surface area contributed by atoms with Crippen LogP contribution in [0.5, 0.6) is 0 Å². The van der Waals surface area contributed by atoms with Gasteiger partial charge in [-0.05, 0) is 42.9 Å². The quantitative estimate of drug-likeness (QED) is 0.649. The maximum atomic E-state index is 13.3. The number of aromatic nitrogens is 2. The molecule has 0 bridgehead atoms. The van der Waals surface area contributed by atoms with Crippen molar-refractivity contribution in [3.63, 3.8) is 0 Å². The topological polar surface area (TPSA) is 75.2 Å². The fourth-order valence-corrected chi connectivity index (χ4v) is 4.52. The molecule has 0 radical (unpaired) electrons. The van der Waals surface area contributed by atoms with Crippen LogP contribution in [-0.2, 0) is 11.2 Å². The molecular weight excluding hydrogens is 400 g/mol. The average molecular weight is 429 g/mol. The molecule has 1 fully saturated rings. The average Bonchev–Trinajstić information content (AvgIpc) is 2.85. The first-order chi connectivity index (χ1) is 15.6. The predicted molar refractivity (Wildman–Crippen MR) is 124 cm³/mol. The van der Waals surface area contributed by atoms with Crippen LogP contribution in [0.25, 0.3) is 11.1 Å². The summed E-state index contributed by atoms with van der Waals surface area (Å²) in [6, 6.07) is 18.6. The van der Waals surface area contributed by atoms with Gasteiger partial charge in [-0.1, -0.05) is 54.6 Å². The highest BCUT2D eigenvalue weighted by molar-refractivity contribution is 5.93. The molecule has 0 spiro atoms. The summed E-state index contributed by atoms with van der Waals surface area (Å²) in [4.78, 5) is 36.3. The third-order valence-electron chi connectivity index (χ3n) is 6.04. The minimum atomic E-state index is -0.679. The monoisotopic (exact) mass is 428 g/mol. The van der Waals surface area contributed by atoms with Crippen LogP contribution in [-0.4, -0.2) is 46.3 Å². The Bertz CT molecular complexity index is 1070. The summed E-state index contributed by atoms with van der Waals surface area (Å²) < 4.78 is 0. The molecule has 1 aliphatic heterocycles. The van der Waals surface area contributed by atoms with E-state index < -0.39 is 5.41 Å². The van der Waals surface area contributed by atoms with E-state index in [1.807, 2.05) is 31.2 Å². The third-order valence-corrected chi connectivity index (χ3v) is 6.04. The van der Waals surface area contributed by atoms with Crippen molar-refractivity contribution in [1.29, 1.82) is 0 Å². The van der Waals surface area contributed by atoms with Crippen molar-refractivity contribution in [2.24, 2.45) is 5.41 Å². The van der Waals surface area contributed by atoms with Gasteiger partial charge in [0.25, 0.3) is 5.91 Å². The number of benzene rings is 2. The molecule has 1 N–H and O–H groups in total. The number of rotatable bonds is 6. The number of carbonyl (C=O) groups is 2. The first kappa shape index (κ1) is 21.7. The standard InChI is InChI=1S/C26H28N4O2/c1-2-28-25(32)26(12-7-15-30(19-26)24(31)23-18-27-13-14-29-23)17-20-8-6-11-22(16-20)21-9-4-3-5-10-21/h3-6,8-11,13-14,16,18H,2,7,12,15,17,19H2,1H3,(H,28,32)/t26-/m0/s1. The van der Waals surface area contributed by atoms with Gasteiger partial charge in [-0.25, -0.2) is 4.98 Å². The fraction of sp³-hybridized carbons (Fsp3) is 0.308. The second kappa shape index (κ2) is 9.73. The highest BCUT2D eigenvalue weighted by Gasteiger charge is 2.43. The molecule has 2 heterocycles. The maximum absolute atomic E-state index is 13.3. The summed E-state index contributed by atoms with van der Waals surface area (Å²) in [6.45, 7) is 3.46. The van der Waals surface area contributed by atoms with Gasteiger partial charge >= 0.3 is 0 Å². The molecule has 6 nitrogen and oxygen atoms in total. The van der Waals surface area contributed by atoms with E-state index in [0.29, 0.717) is 31.7 Å². The van der Waals surface area contributed by atoms with Crippen LogP contribution >= 0.6 is 0 Å². The molecule has 1 aliphatic rings. The van der Waals surface area contributed by atoms with Gasteiger partial charge < -0.3 is 10.2 Å². The summed E-state index contributed by atoms with van der Waals surface area (Å²) in [6.07, 6.45) is 6.62. The Morgan fingerprint density at radius 3 is 2.62 bits per heavy atom. The second-order valence-corrected chi connectivity index (χ2v) is 8.30. The molecule has 1 atom stereocenters. The highest BCUT2D eigenvalue weighted by atomic mass is 16.2. The van der Waals surface area contributed by atoms with E-state index in [2.05, 4.69) is 45.6 Å². The smallest absolute Gasteiger partial charge is 0.274 e. The largest absolute Gasteiger partial charge is 0.356 e. The van der Waals surface area contributed by atoms with Crippen molar-refractivity contribution in [2.75, 3.05) is 19.6 Å². The Labute approximate surface area is 188 Å².